The monoisotopic (exact) mass is 222 g/mol. The van der Waals surface area contributed by atoms with Crippen LogP contribution in [0.1, 0.15) is 12.8 Å². The first-order chi connectivity index (χ1) is 7.74. The van der Waals surface area contributed by atoms with Gasteiger partial charge in [-0.1, -0.05) is 12.1 Å². The lowest BCUT2D eigenvalue weighted by atomic mass is 10.2. The molecule has 0 aliphatic carbocycles. The lowest BCUT2D eigenvalue weighted by Crippen LogP contribution is -2.32. The molecule has 1 aromatic rings. The molecule has 1 saturated heterocycles. The second-order valence-electron chi connectivity index (χ2n) is 3.92. The van der Waals surface area contributed by atoms with E-state index in [0.29, 0.717) is 5.69 Å². The van der Waals surface area contributed by atoms with Gasteiger partial charge in [0.25, 0.3) is 5.69 Å². The Labute approximate surface area is 93.5 Å². The van der Waals surface area contributed by atoms with Gasteiger partial charge in [0.05, 0.1) is 17.6 Å². The summed E-state index contributed by atoms with van der Waals surface area (Å²) < 4.78 is 0. The van der Waals surface area contributed by atoms with Gasteiger partial charge in [-0.05, 0) is 18.9 Å². The predicted octanol–water partition coefficient (Wildman–Crippen LogP) is 1.56. The fourth-order valence-electron chi connectivity index (χ4n) is 2.20. The summed E-state index contributed by atoms with van der Waals surface area (Å²) in [6.07, 6.45) is 1.86. The highest BCUT2D eigenvalue weighted by atomic mass is 16.6. The maximum absolute atomic E-state index is 10.9. The molecule has 1 aliphatic heterocycles. The molecule has 5 heteroatoms. The zero-order valence-electron chi connectivity index (χ0n) is 8.87. The lowest BCUT2D eigenvalue weighted by molar-refractivity contribution is -0.384. The second kappa shape index (κ2) is 4.49. The van der Waals surface area contributed by atoms with E-state index < -0.39 is 0 Å². The number of benzene rings is 1. The summed E-state index contributed by atoms with van der Waals surface area (Å²) in [5.74, 6) is 0. The molecule has 0 amide bonds. The first kappa shape index (κ1) is 10.9. The molecule has 16 heavy (non-hydrogen) atoms. The van der Waals surface area contributed by atoms with Crippen molar-refractivity contribution in [1.29, 1.82) is 0 Å². The van der Waals surface area contributed by atoms with Crippen LogP contribution in [0.25, 0.3) is 0 Å². The van der Waals surface area contributed by atoms with Crippen molar-refractivity contribution in [2.45, 2.75) is 18.9 Å². The minimum absolute atomic E-state index is 0.0149. The number of anilines is 1. The Hall–Kier alpha value is -1.62. The van der Waals surface area contributed by atoms with E-state index in [9.17, 15) is 15.2 Å². The summed E-state index contributed by atoms with van der Waals surface area (Å²) >= 11 is 0. The number of rotatable bonds is 3. The van der Waals surface area contributed by atoms with E-state index in [1.165, 1.54) is 6.07 Å². The summed E-state index contributed by atoms with van der Waals surface area (Å²) in [6, 6.07) is 6.70. The highest BCUT2D eigenvalue weighted by Crippen LogP contribution is 2.32. The normalized spacial score (nSPS) is 20.1. The van der Waals surface area contributed by atoms with Gasteiger partial charge < -0.3 is 10.0 Å². The molecule has 1 aliphatic rings. The van der Waals surface area contributed by atoms with Gasteiger partial charge in [0, 0.05) is 12.6 Å². The molecule has 0 spiro atoms. The maximum Gasteiger partial charge on any atom is 0.292 e. The van der Waals surface area contributed by atoms with E-state index in [1.54, 1.807) is 18.2 Å². The Kier molecular flexibility index (Phi) is 3.05. The molecule has 1 heterocycles. The number of aliphatic hydroxyl groups is 1. The fraction of sp³-hybridized carbons (Fsp3) is 0.455. The Morgan fingerprint density at radius 2 is 2.25 bits per heavy atom. The third kappa shape index (κ3) is 1.86. The molecule has 1 N–H and O–H groups in total. The Morgan fingerprint density at radius 3 is 2.94 bits per heavy atom. The van der Waals surface area contributed by atoms with Gasteiger partial charge in [-0.15, -0.1) is 0 Å². The number of nitro benzene ring substituents is 1. The molecule has 1 atom stereocenters. The number of nitro groups is 1. The van der Waals surface area contributed by atoms with E-state index >= 15 is 0 Å². The van der Waals surface area contributed by atoms with E-state index in [1.807, 2.05) is 4.90 Å². The van der Waals surface area contributed by atoms with Crippen LogP contribution in [0.2, 0.25) is 0 Å². The van der Waals surface area contributed by atoms with Crippen LogP contribution >= 0.6 is 0 Å². The smallest absolute Gasteiger partial charge is 0.292 e. The molecular formula is C11H14N2O3. The number of aliphatic hydroxyl groups excluding tert-OH is 1. The van der Waals surface area contributed by atoms with Gasteiger partial charge in [-0.25, -0.2) is 0 Å². The topological polar surface area (TPSA) is 66.6 Å². The predicted molar refractivity (Wildman–Crippen MR) is 60.6 cm³/mol. The van der Waals surface area contributed by atoms with Crippen LogP contribution < -0.4 is 4.90 Å². The van der Waals surface area contributed by atoms with Gasteiger partial charge in [-0.2, -0.15) is 0 Å². The highest BCUT2D eigenvalue weighted by molar-refractivity contribution is 5.64. The molecular weight excluding hydrogens is 208 g/mol. The quantitative estimate of drug-likeness (QED) is 0.622. The van der Waals surface area contributed by atoms with Crippen molar-refractivity contribution in [3.05, 3.63) is 34.4 Å². The van der Waals surface area contributed by atoms with Gasteiger partial charge in [0.2, 0.25) is 0 Å². The second-order valence-corrected chi connectivity index (χ2v) is 3.92. The molecule has 2 rings (SSSR count). The third-order valence-electron chi connectivity index (χ3n) is 2.98. The van der Waals surface area contributed by atoms with Crippen molar-refractivity contribution < 1.29 is 10.0 Å². The molecule has 0 unspecified atom stereocenters. The number of hydrogen-bond donors (Lipinski definition) is 1. The minimum Gasteiger partial charge on any atom is -0.394 e. The summed E-state index contributed by atoms with van der Waals surface area (Å²) in [5.41, 5.74) is 0.729. The molecule has 0 radical (unpaired) electrons. The number of para-hydroxylation sites is 2. The summed E-state index contributed by atoms with van der Waals surface area (Å²) in [6.45, 7) is 0.822. The van der Waals surface area contributed by atoms with Crippen LogP contribution in [0.4, 0.5) is 11.4 Å². The average molecular weight is 222 g/mol. The van der Waals surface area contributed by atoms with Crippen molar-refractivity contribution in [2.75, 3.05) is 18.1 Å². The van der Waals surface area contributed by atoms with Crippen molar-refractivity contribution in [3.63, 3.8) is 0 Å². The first-order valence-corrected chi connectivity index (χ1v) is 5.35. The van der Waals surface area contributed by atoms with E-state index in [2.05, 4.69) is 0 Å². The van der Waals surface area contributed by atoms with Crippen LogP contribution in [0.3, 0.4) is 0 Å². The van der Waals surface area contributed by atoms with Gasteiger partial charge in [0.1, 0.15) is 5.69 Å². The molecule has 1 fully saturated rings. The maximum atomic E-state index is 10.9. The van der Waals surface area contributed by atoms with E-state index in [-0.39, 0.29) is 23.3 Å². The lowest BCUT2D eigenvalue weighted by Gasteiger charge is -2.24. The summed E-state index contributed by atoms with van der Waals surface area (Å²) in [7, 11) is 0. The molecule has 86 valence electrons. The average Bonchev–Trinajstić information content (AvgIpc) is 2.76. The van der Waals surface area contributed by atoms with Crippen LogP contribution in [-0.4, -0.2) is 29.2 Å². The van der Waals surface area contributed by atoms with Crippen LogP contribution in [0.15, 0.2) is 24.3 Å². The van der Waals surface area contributed by atoms with Crippen LogP contribution in [0.5, 0.6) is 0 Å². The molecule has 0 saturated carbocycles. The summed E-state index contributed by atoms with van der Waals surface area (Å²) in [5, 5.41) is 20.1. The van der Waals surface area contributed by atoms with Gasteiger partial charge in [0.15, 0.2) is 0 Å². The zero-order chi connectivity index (χ0) is 11.5. The fourth-order valence-corrected chi connectivity index (χ4v) is 2.20. The first-order valence-electron chi connectivity index (χ1n) is 5.35. The minimum atomic E-state index is -0.373. The molecule has 0 aromatic heterocycles. The standard InChI is InChI=1S/C11H14N2O3/c14-8-9-4-3-7-12(9)10-5-1-2-6-11(10)13(15)16/h1-2,5-6,9,14H,3-4,7-8H2/t9-/m1/s1. The van der Waals surface area contributed by atoms with Crippen molar-refractivity contribution in [3.8, 4) is 0 Å². The van der Waals surface area contributed by atoms with Gasteiger partial charge >= 0.3 is 0 Å². The van der Waals surface area contributed by atoms with Crippen LogP contribution in [0, 0.1) is 10.1 Å². The van der Waals surface area contributed by atoms with Crippen molar-refractivity contribution in [1.82, 2.24) is 0 Å². The third-order valence-corrected chi connectivity index (χ3v) is 2.98. The van der Waals surface area contributed by atoms with E-state index in [0.717, 1.165) is 19.4 Å². The van der Waals surface area contributed by atoms with Gasteiger partial charge in [-0.3, -0.25) is 10.1 Å². The van der Waals surface area contributed by atoms with Crippen molar-refractivity contribution >= 4 is 11.4 Å². The molecule has 1 aromatic carbocycles. The summed E-state index contributed by atoms with van der Waals surface area (Å²) in [4.78, 5) is 12.4. The number of nitrogens with zero attached hydrogens (tertiary/aromatic N) is 2. The highest BCUT2D eigenvalue weighted by Gasteiger charge is 2.28. The Bertz CT molecular complexity index is 395. The molecule has 0 bridgehead atoms. The largest absolute Gasteiger partial charge is 0.394 e. The van der Waals surface area contributed by atoms with E-state index in [4.69, 9.17) is 0 Å². The Balaban J connectivity index is 2.35. The van der Waals surface area contributed by atoms with Crippen LogP contribution in [-0.2, 0) is 0 Å². The zero-order valence-corrected chi connectivity index (χ0v) is 8.87. The molecule has 5 nitrogen and oxygen atoms in total. The van der Waals surface area contributed by atoms with Crippen molar-refractivity contribution in [2.24, 2.45) is 0 Å². The SMILES string of the molecule is O=[N+]([O-])c1ccccc1N1CCC[C@@H]1CO. The Morgan fingerprint density at radius 1 is 1.50 bits per heavy atom. The number of hydrogen-bond acceptors (Lipinski definition) is 4.